The first-order valence-electron chi connectivity index (χ1n) is 5.93. The van der Waals surface area contributed by atoms with Gasteiger partial charge in [-0.15, -0.1) is 0 Å². The van der Waals surface area contributed by atoms with E-state index in [4.69, 9.17) is 5.11 Å². The quantitative estimate of drug-likeness (QED) is 0.869. The number of aryl methyl sites for hydroxylation is 1. The number of hydrogen-bond acceptors (Lipinski definition) is 2. The fraction of sp³-hybridized carbons (Fsp3) is 0.429. The molecule has 1 unspecified atom stereocenters. The van der Waals surface area contributed by atoms with Gasteiger partial charge >= 0.3 is 5.97 Å². The molecule has 18 heavy (non-hydrogen) atoms. The Hall–Kier alpha value is -1.84. The number of carboxylic acids is 1. The second kappa shape index (κ2) is 6.19. The normalized spacial score (nSPS) is 11.9. The van der Waals surface area contributed by atoms with Gasteiger partial charge in [-0.3, -0.25) is 9.59 Å². The molecule has 1 atom stereocenters. The molecule has 0 heterocycles. The van der Waals surface area contributed by atoms with E-state index in [2.05, 4.69) is 0 Å². The lowest BCUT2D eigenvalue weighted by molar-refractivity contribution is -0.145. The van der Waals surface area contributed by atoms with E-state index in [9.17, 15) is 9.59 Å². The van der Waals surface area contributed by atoms with Crippen molar-refractivity contribution in [1.82, 2.24) is 4.90 Å². The van der Waals surface area contributed by atoms with Crippen LogP contribution in [0, 0.1) is 12.8 Å². The van der Waals surface area contributed by atoms with Gasteiger partial charge in [0.25, 0.3) is 0 Å². The molecule has 0 radical (unpaired) electrons. The van der Waals surface area contributed by atoms with Gasteiger partial charge in [0.2, 0.25) is 5.91 Å². The lowest BCUT2D eigenvalue weighted by Gasteiger charge is -2.19. The number of hydrogen-bond donors (Lipinski definition) is 1. The van der Waals surface area contributed by atoms with Crippen LogP contribution in [0.2, 0.25) is 0 Å². The molecule has 1 aromatic carbocycles. The average molecular weight is 249 g/mol. The molecule has 1 aromatic rings. The minimum absolute atomic E-state index is 0.0394. The van der Waals surface area contributed by atoms with Crippen LogP contribution in [0.15, 0.2) is 24.3 Å². The molecule has 1 rings (SSSR count). The first-order chi connectivity index (χ1) is 8.41. The lowest BCUT2D eigenvalue weighted by atomic mass is 10.1. The van der Waals surface area contributed by atoms with Crippen LogP contribution in [0.3, 0.4) is 0 Å². The van der Waals surface area contributed by atoms with Crippen LogP contribution >= 0.6 is 0 Å². The summed E-state index contributed by atoms with van der Waals surface area (Å²) in [5.74, 6) is -1.72. The summed E-state index contributed by atoms with van der Waals surface area (Å²) in [5.41, 5.74) is 2.21. The van der Waals surface area contributed by atoms with Gasteiger partial charge in [-0.2, -0.15) is 0 Å². The van der Waals surface area contributed by atoms with E-state index in [1.807, 2.05) is 31.2 Å². The molecule has 0 saturated heterocycles. The van der Waals surface area contributed by atoms with Crippen LogP contribution in [0.5, 0.6) is 0 Å². The minimum Gasteiger partial charge on any atom is -0.481 e. The number of amides is 1. The van der Waals surface area contributed by atoms with E-state index >= 15 is 0 Å². The third-order valence-electron chi connectivity index (χ3n) is 3.00. The van der Waals surface area contributed by atoms with Gasteiger partial charge in [0.1, 0.15) is 0 Å². The molecule has 0 spiro atoms. The molecule has 0 aliphatic heterocycles. The van der Waals surface area contributed by atoms with E-state index in [1.54, 1.807) is 18.9 Å². The van der Waals surface area contributed by atoms with Crippen molar-refractivity contribution >= 4 is 11.9 Å². The summed E-state index contributed by atoms with van der Waals surface area (Å²) in [6.45, 7) is 4.05. The average Bonchev–Trinajstić information content (AvgIpc) is 2.31. The maximum absolute atomic E-state index is 11.8. The van der Waals surface area contributed by atoms with Crippen molar-refractivity contribution in [3.63, 3.8) is 0 Å². The summed E-state index contributed by atoms with van der Waals surface area (Å²) < 4.78 is 0. The van der Waals surface area contributed by atoms with Crippen molar-refractivity contribution in [3.8, 4) is 0 Å². The summed E-state index contributed by atoms with van der Waals surface area (Å²) in [4.78, 5) is 24.1. The number of nitrogens with zero attached hydrogens (tertiary/aromatic N) is 1. The first-order valence-corrected chi connectivity index (χ1v) is 5.93. The molecule has 0 saturated carbocycles. The standard InChI is InChI=1S/C14H19NO3/c1-10-6-4-5-7-12(10)9-15(3)13(16)8-11(2)14(17)18/h4-7,11H,8-9H2,1-3H3,(H,17,18). The fourth-order valence-electron chi connectivity index (χ4n) is 1.64. The molecule has 0 aromatic heterocycles. The monoisotopic (exact) mass is 249 g/mol. The SMILES string of the molecule is Cc1ccccc1CN(C)C(=O)CC(C)C(=O)O. The van der Waals surface area contributed by atoms with Crippen LogP contribution in [0.1, 0.15) is 24.5 Å². The number of benzene rings is 1. The maximum atomic E-state index is 11.8. The number of carbonyl (C=O) groups is 2. The number of carbonyl (C=O) groups excluding carboxylic acids is 1. The zero-order chi connectivity index (χ0) is 13.7. The maximum Gasteiger partial charge on any atom is 0.306 e. The Labute approximate surface area is 107 Å². The van der Waals surface area contributed by atoms with Gasteiger partial charge in [-0.25, -0.2) is 0 Å². The molecule has 0 bridgehead atoms. The predicted molar refractivity (Wildman–Crippen MR) is 69.1 cm³/mol. The Morgan fingerprint density at radius 1 is 1.33 bits per heavy atom. The van der Waals surface area contributed by atoms with Gasteiger partial charge in [0.05, 0.1) is 5.92 Å². The molecule has 98 valence electrons. The van der Waals surface area contributed by atoms with E-state index in [0.29, 0.717) is 6.54 Å². The van der Waals surface area contributed by atoms with Crippen LogP contribution in [0.25, 0.3) is 0 Å². The summed E-state index contributed by atoms with van der Waals surface area (Å²) in [6.07, 6.45) is 0.0394. The van der Waals surface area contributed by atoms with Gasteiger partial charge in [0.15, 0.2) is 0 Å². The van der Waals surface area contributed by atoms with Crippen LogP contribution in [-0.4, -0.2) is 28.9 Å². The number of aliphatic carboxylic acids is 1. The third kappa shape index (κ3) is 3.87. The predicted octanol–water partition coefficient (Wildman–Crippen LogP) is 2.06. The van der Waals surface area contributed by atoms with Crippen LogP contribution < -0.4 is 0 Å². The van der Waals surface area contributed by atoms with E-state index < -0.39 is 11.9 Å². The van der Waals surface area contributed by atoms with Crippen LogP contribution in [-0.2, 0) is 16.1 Å². The molecule has 4 heteroatoms. The topological polar surface area (TPSA) is 57.6 Å². The third-order valence-corrected chi connectivity index (χ3v) is 3.00. The van der Waals surface area contributed by atoms with Crippen molar-refractivity contribution < 1.29 is 14.7 Å². The molecule has 1 N–H and O–H groups in total. The second-order valence-electron chi connectivity index (χ2n) is 4.62. The Morgan fingerprint density at radius 2 is 1.94 bits per heavy atom. The molecular formula is C14H19NO3. The van der Waals surface area contributed by atoms with Gasteiger partial charge in [0, 0.05) is 20.0 Å². The Morgan fingerprint density at radius 3 is 2.50 bits per heavy atom. The first kappa shape index (κ1) is 14.2. The van der Waals surface area contributed by atoms with Crippen molar-refractivity contribution in [2.24, 2.45) is 5.92 Å². The number of rotatable bonds is 5. The van der Waals surface area contributed by atoms with Crippen molar-refractivity contribution in [2.45, 2.75) is 26.8 Å². The van der Waals surface area contributed by atoms with Crippen LogP contribution in [0.4, 0.5) is 0 Å². The lowest BCUT2D eigenvalue weighted by Crippen LogP contribution is -2.29. The van der Waals surface area contributed by atoms with Crippen molar-refractivity contribution in [2.75, 3.05) is 7.05 Å². The minimum atomic E-state index is -0.937. The Bertz CT molecular complexity index is 442. The highest BCUT2D eigenvalue weighted by atomic mass is 16.4. The summed E-state index contributed by atoms with van der Waals surface area (Å²) in [7, 11) is 1.70. The van der Waals surface area contributed by atoms with Gasteiger partial charge < -0.3 is 10.0 Å². The van der Waals surface area contributed by atoms with Crippen molar-refractivity contribution in [1.29, 1.82) is 0 Å². The largest absolute Gasteiger partial charge is 0.481 e. The zero-order valence-electron chi connectivity index (χ0n) is 11.0. The van der Waals surface area contributed by atoms with Gasteiger partial charge in [-0.1, -0.05) is 31.2 Å². The molecule has 0 aliphatic rings. The zero-order valence-corrected chi connectivity index (χ0v) is 11.0. The fourth-order valence-corrected chi connectivity index (χ4v) is 1.64. The highest BCUT2D eigenvalue weighted by Gasteiger charge is 2.18. The van der Waals surface area contributed by atoms with E-state index in [1.165, 1.54) is 0 Å². The van der Waals surface area contributed by atoms with Crippen molar-refractivity contribution in [3.05, 3.63) is 35.4 Å². The summed E-state index contributed by atoms with van der Waals surface area (Å²) in [5, 5.41) is 8.78. The molecule has 0 aliphatic carbocycles. The Balaban J connectivity index is 2.60. The van der Waals surface area contributed by atoms with E-state index in [-0.39, 0.29) is 12.3 Å². The molecule has 0 fully saturated rings. The summed E-state index contributed by atoms with van der Waals surface area (Å²) >= 11 is 0. The smallest absolute Gasteiger partial charge is 0.306 e. The molecule has 4 nitrogen and oxygen atoms in total. The van der Waals surface area contributed by atoms with Gasteiger partial charge in [-0.05, 0) is 18.1 Å². The molecular weight excluding hydrogens is 230 g/mol. The Kier molecular flexibility index (Phi) is 4.89. The summed E-state index contributed by atoms with van der Waals surface area (Å²) in [6, 6.07) is 7.85. The highest BCUT2D eigenvalue weighted by Crippen LogP contribution is 2.12. The van der Waals surface area contributed by atoms with E-state index in [0.717, 1.165) is 11.1 Å². The molecule has 1 amide bonds. The number of carboxylic acid groups (broad SMARTS) is 1. The highest BCUT2D eigenvalue weighted by molar-refractivity contribution is 5.81. The second-order valence-corrected chi connectivity index (χ2v) is 4.62.